The zero-order chi connectivity index (χ0) is 13.2. The minimum Gasteiger partial charge on any atom is -0.367 e. The maximum atomic E-state index is 11.6. The Hall–Kier alpha value is -1.53. The Labute approximate surface area is 109 Å². The van der Waals surface area contributed by atoms with Gasteiger partial charge in [-0.1, -0.05) is 11.3 Å². The van der Waals surface area contributed by atoms with Crippen molar-refractivity contribution in [3.63, 3.8) is 0 Å². The predicted molar refractivity (Wildman–Crippen MR) is 72.6 cm³/mol. The highest BCUT2D eigenvalue weighted by molar-refractivity contribution is 7.14. The number of H-pyrrole nitrogens is 1. The van der Waals surface area contributed by atoms with E-state index in [-0.39, 0.29) is 11.0 Å². The largest absolute Gasteiger partial charge is 0.367 e. The van der Waals surface area contributed by atoms with Gasteiger partial charge in [0.1, 0.15) is 5.01 Å². The van der Waals surface area contributed by atoms with Gasteiger partial charge >= 0.3 is 0 Å². The van der Waals surface area contributed by atoms with Crippen molar-refractivity contribution in [2.75, 3.05) is 0 Å². The average Bonchev–Trinajstić information content (AvgIpc) is 2.75. The first-order chi connectivity index (χ1) is 8.46. The third kappa shape index (κ3) is 3.24. The smallest absolute Gasteiger partial charge is 0.191 e. The molecule has 2 N–H and O–H groups in total. The molecule has 18 heavy (non-hydrogen) atoms. The van der Waals surface area contributed by atoms with Gasteiger partial charge in [-0.25, -0.2) is 0 Å². The normalized spacial score (nSPS) is 11.7. The molecule has 0 radical (unpaired) electrons. The number of nitrogens with one attached hydrogen (secondary N) is 2. The fourth-order valence-corrected chi connectivity index (χ4v) is 2.16. The van der Waals surface area contributed by atoms with Crippen LogP contribution < -0.4 is 10.7 Å². The summed E-state index contributed by atoms with van der Waals surface area (Å²) < 4.78 is 0. The molecule has 0 spiro atoms. The Balaban J connectivity index is 2.16. The molecule has 2 heterocycles. The van der Waals surface area contributed by atoms with Crippen LogP contribution >= 0.6 is 11.3 Å². The molecule has 0 bridgehead atoms. The maximum absolute atomic E-state index is 11.6. The van der Waals surface area contributed by atoms with Gasteiger partial charge in [-0.2, -0.15) is 0 Å². The Morgan fingerprint density at radius 2 is 2.17 bits per heavy atom. The van der Waals surface area contributed by atoms with Crippen LogP contribution in [0.4, 0.5) is 0 Å². The summed E-state index contributed by atoms with van der Waals surface area (Å²) in [7, 11) is 0. The van der Waals surface area contributed by atoms with Crippen molar-refractivity contribution in [2.45, 2.75) is 32.9 Å². The van der Waals surface area contributed by atoms with Crippen LogP contribution in [0, 0.1) is 0 Å². The van der Waals surface area contributed by atoms with Crippen molar-refractivity contribution in [1.82, 2.24) is 20.5 Å². The Morgan fingerprint density at radius 3 is 2.83 bits per heavy atom. The number of nitrogens with zero attached hydrogens (tertiary/aromatic N) is 2. The van der Waals surface area contributed by atoms with Crippen molar-refractivity contribution in [3.8, 4) is 10.6 Å². The maximum Gasteiger partial charge on any atom is 0.191 e. The first-order valence-electron chi connectivity index (χ1n) is 5.70. The molecule has 0 saturated carbocycles. The summed E-state index contributed by atoms with van der Waals surface area (Å²) in [6, 6.07) is 1.49. The first-order valence-corrected chi connectivity index (χ1v) is 6.52. The second kappa shape index (κ2) is 4.99. The minimum absolute atomic E-state index is 0.0378. The number of aromatic nitrogens is 3. The van der Waals surface area contributed by atoms with Crippen LogP contribution in [0.5, 0.6) is 0 Å². The zero-order valence-corrected chi connectivity index (χ0v) is 11.5. The van der Waals surface area contributed by atoms with Crippen molar-refractivity contribution >= 4 is 11.3 Å². The van der Waals surface area contributed by atoms with Crippen LogP contribution in [0.1, 0.15) is 25.8 Å². The molecule has 0 aliphatic carbocycles. The molecule has 0 aromatic carbocycles. The van der Waals surface area contributed by atoms with E-state index in [9.17, 15) is 4.79 Å². The third-order valence-corrected chi connectivity index (χ3v) is 3.25. The van der Waals surface area contributed by atoms with Gasteiger partial charge < -0.3 is 10.3 Å². The summed E-state index contributed by atoms with van der Waals surface area (Å²) in [4.78, 5) is 14.5. The number of aromatic amines is 1. The molecule has 0 atom stereocenters. The fourth-order valence-electron chi connectivity index (χ4n) is 1.36. The molecule has 0 aliphatic rings. The lowest BCUT2D eigenvalue weighted by molar-refractivity contribution is 0.423. The molecule has 2 rings (SSSR count). The van der Waals surface area contributed by atoms with E-state index in [1.807, 2.05) is 0 Å². The lowest BCUT2D eigenvalue weighted by Gasteiger charge is -2.19. The van der Waals surface area contributed by atoms with E-state index in [2.05, 4.69) is 41.3 Å². The first kappa shape index (κ1) is 12.9. The van der Waals surface area contributed by atoms with Crippen LogP contribution in [-0.4, -0.2) is 20.7 Å². The molecule has 5 nitrogen and oxygen atoms in total. The molecule has 2 aromatic heterocycles. The van der Waals surface area contributed by atoms with Gasteiger partial charge in [0.15, 0.2) is 10.4 Å². The summed E-state index contributed by atoms with van der Waals surface area (Å²) >= 11 is 1.44. The number of hydrogen-bond acceptors (Lipinski definition) is 5. The molecule has 0 amide bonds. The highest BCUT2D eigenvalue weighted by atomic mass is 32.1. The van der Waals surface area contributed by atoms with Gasteiger partial charge in [-0.3, -0.25) is 4.79 Å². The topological polar surface area (TPSA) is 70.7 Å². The summed E-state index contributed by atoms with van der Waals surface area (Å²) in [6.45, 7) is 6.94. The van der Waals surface area contributed by atoms with Crippen LogP contribution in [0.15, 0.2) is 23.3 Å². The SMILES string of the molecule is CC(C)(C)NCc1nnc(-c2c[nH]ccc2=O)s1. The van der Waals surface area contributed by atoms with E-state index in [4.69, 9.17) is 0 Å². The molecular formula is C12H16N4OS. The monoisotopic (exact) mass is 264 g/mol. The molecule has 0 saturated heterocycles. The lowest BCUT2D eigenvalue weighted by Crippen LogP contribution is -2.35. The lowest BCUT2D eigenvalue weighted by atomic mass is 10.1. The second-order valence-electron chi connectivity index (χ2n) is 5.03. The van der Waals surface area contributed by atoms with Crippen LogP contribution in [-0.2, 0) is 6.54 Å². The van der Waals surface area contributed by atoms with Crippen molar-refractivity contribution in [1.29, 1.82) is 0 Å². The quantitative estimate of drug-likeness (QED) is 0.886. The zero-order valence-electron chi connectivity index (χ0n) is 10.7. The van der Waals surface area contributed by atoms with E-state index >= 15 is 0 Å². The summed E-state index contributed by atoms with van der Waals surface area (Å²) in [5, 5.41) is 13.0. The van der Waals surface area contributed by atoms with Crippen molar-refractivity contribution in [3.05, 3.63) is 33.7 Å². The number of rotatable bonds is 3. The van der Waals surface area contributed by atoms with Crippen LogP contribution in [0.2, 0.25) is 0 Å². The Morgan fingerprint density at radius 1 is 1.39 bits per heavy atom. The highest BCUT2D eigenvalue weighted by Gasteiger charge is 2.12. The number of hydrogen-bond donors (Lipinski definition) is 2. The summed E-state index contributed by atoms with van der Waals surface area (Å²) in [5.74, 6) is 0. The van der Waals surface area contributed by atoms with Crippen LogP contribution in [0.25, 0.3) is 10.6 Å². The standard InChI is InChI=1S/C12H16N4OS/c1-12(2,3)14-7-10-15-16-11(18-10)8-6-13-5-4-9(8)17/h4-6,14H,7H2,1-3H3,(H,13,17). The van der Waals surface area contributed by atoms with Gasteiger partial charge in [-0.15, -0.1) is 10.2 Å². The van der Waals surface area contributed by atoms with Gasteiger partial charge in [0.2, 0.25) is 0 Å². The highest BCUT2D eigenvalue weighted by Crippen LogP contribution is 2.19. The Bertz CT molecular complexity index is 582. The van der Waals surface area contributed by atoms with E-state index in [0.717, 1.165) is 5.01 Å². The fraction of sp³-hybridized carbons (Fsp3) is 0.417. The second-order valence-corrected chi connectivity index (χ2v) is 6.09. The van der Waals surface area contributed by atoms with E-state index in [1.54, 1.807) is 12.4 Å². The molecule has 0 unspecified atom stereocenters. The molecule has 2 aromatic rings. The molecule has 0 aliphatic heterocycles. The molecular weight excluding hydrogens is 248 g/mol. The number of pyridine rings is 1. The van der Waals surface area contributed by atoms with Gasteiger partial charge in [-0.05, 0) is 20.8 Å². The summed E-state index contributed by atoms with van der Waals surface area (Å²) in [6.07, 6.45) is 3.26. The van der Waals surface area contributed by atoms with E-state index < -0.39 is 0 Å². The van der Waals surface area contributed by atoms with Crippen molar-refractivity contribution < 1.29 is 0 Å². The third-order valence-electron chi connectivity index (χ3n) is 2.29. The van der Waals surface area contributed by atoms with E-state index in [1.165, 1.54) is 17.4 Å². The van der Waals surface area contributed by atoms with Gasteiger partial charge in [0.05, 0.1) is 12.1 Å². The van der Waals surface area contributed by atoms with Crippen LogP contribution in [0.3, 0.4) is 0 Å². The van der Waals surface area contributed by atoms with Gasteiger partial charge in [0, 0.05) is 24.0 Å². The summed E-state index contributed by atoms with van der Waals surface area (Å²) in [5.41, 5.74) is 0.563. The average molecular weight is 264 g/mol. The molecule has 6 heteroatoms. The molecule has 96 valence electrons. The minimum atomic E-state index is -0.0415. The van der Waals surface area contributed by atoms with Gasteiger partial charge in [0.25, 0.3) is 0 Å². The predicted octanol–water partition coefficient (Wildman–Crippen LogP) is 1.78. The molecule has 0 fully saturated rings. The van der Waals surface area contributed by atoms with Crippen molar-refractivity contribution in [2.24, 2.45) is 0 Å². The Kier molecular flexibility index (Phi) is 3.58. The van der Waals surface area contributed by atoms with E-state index in [0.29, 0.717) is 17.1 Å².